The van der Waals surface area contributed by atoms with Crippen molar-refractivity contribution in [3.8, 4) is 11.3 Å². The van der Waals surface area contributed by atoms with Crippen LogP contribution < -0.4 is 5.32 Å². The number of hydrogen-bond acceptors (Lipinski definition) is 4. The average Bonchev–Trinajstić information content (AvgIpc) is 2.83. The van der Waals surface area contributed by atoms with Crippen LogP contribution in [-0.4, -0.2) is 23.1 Å². The van der Waals surface area contributed by atoms with Gasteiger partial charge in [-0.1, -0.05) is 12.1 Å². The van der Waals surface area contributed by atoms with Crippen molar-refractivity contribution in [3.05, 3.63) is 34.7 Å². The van der Waals surface area contributed by atoms with Crippen LogP contribution in [0.5, 0.6) is 0 Å². The van der Waals surface area contributed by atoms with Crippen LogP contribution in [0.3, 0.4) is 0 Å². The minimum atomic E-state index is -0.316. The Morgan fingerprint density at radius 3 is 2.48 bits per heavy atom. The van der Waals surface area contributed by atoms with E-state index in [4.69, 9.17) is 4.74 Å². The van der Waals surface area contributed by atoms with Crippen LogP contribution in [0.4, 0.5) is 5.69 Å². The summed E-state index contributed by atoms with van der Waals surface area (Å²) in [5.41, 5.74) is 2.45. The summed E-state index contributed by atoms with van der Waals surface area (Å²) in [6.07, 6.45) is 0. The highest BCUT2D eigenvalue weighted by molar-refractivity contribution is 7.09. The van der Waals surface area contributed by atoms with Crippen LogP contribution in [0.2, 0.25) is 0 Å². The van der Waals surface area contributed by atoms with Crippen molar-refractivity contribution in [1.29, 1.82) is 0 Å². The lowest BCUT2D eigenvalue weighted by molar-refractivity contribution is -0.125. The van der Waals surface area contributed by atoms with Crippen LogP contribution in [0.15, 0.2) is 29.6 Å². The third-order valence-electron chi connectivity index (χ3n) is 2.72. The number of aromatic nitrogens is 1. The Morgan fingerprint density at radius 2 is 1.95 bits per heavy atom. The van der Waals surface area contributed by atoms with E-state index in [0.29, 0.717) is 0 Å². The van der Waals surface area contributed by atoms with Crippen LogP contribution in [-0.2, 0) is 9.53 Å². The minimum absolute atomic E-state index is 0.0521. The molecule has 1 N–H and O–H groups in total. The van der Waals surface area contributed by atoms with Gasteiger partial charge in [-0.15, -0.1) is 11.3 Å². The summed E-state index contributed by atoms with van der Waals surface area (Å²) in [6, 6.07) is 7.65. The quantitative estimate of drug-likeness (QED) is 0.932. The molecular formula is C16H20N2O2S. The summed E-state index contributed by atoms with van der Waals surface area (Å²) in [6.45, 7) is 7.80. The smallest absolute Gasteiger partial charge is 0.250 e. The lowest BCUT2D eigenvalue weighted by Crippen LogP contribution is -2.27. The summed E-state index contributed by atoms with van der Waals surface area (Å²) in [7, 11) is 0. The normalized spacial score (nSPS) is 11.4. The number of nitrogens with one attached hydrogen (secondary N) is 1. The largest absolute Gasteiger partial charge is 0.366 e. The topological polar surface area (TPSA) is 51.2 Å². The Labute approximate surface area is 129 Å². The molecule has 2 aromatic rings. The van der Waals surface area contributed by atoms with Crippen molar-refractivity contribution in [3.63, 3.8) is 0 Å². The molecule has 0 radical (unpaired) electrons. The fourth-order valence-corrected chi connectivity index (χ4v) is 2.32. The second-order valence-corrected chi connectivity index (χ2v) is 6.84. The SMILES string of the molecule is Cc1nc(-c2ccc(NC(=O)COC(C)(C)C)cc2)cs1. The fourth-order valence-electron chi connectivity index (χ4n) is 1.70. The Kier molecular flexibility index (Phi) is 4.75. The predicted octanol–water partition coefficient (Wildman–Crippen LogP) is 3.87. The monoisotopic (exact) mass is 304 g/mol. The highest BCUT2D eigenvalue weighted by Crippen LogP contribution is 2.23. The maximum Gasteiger partial charge on any atom is 0.250 e. The molecule has 0 saturated carbocycles. The number of aryl methyl sites for hydroxylation is 1. The maximum atomic E-state index is 11.8. The van der Waals surface area contributed by atoms with Crippen molar-refractivity contribution in [2.45, 2.75) is 33.3 Å². The molecule has 0 saturated heterocycles. The number of hydrogen-bond donors (Lipinski definition) is 1. The first kappa shape index (κ1) is 15.7. The van der Waals surface area contributed by atoms with E-state index in [1.165, 1.54) is 0 Å². The van der Waals surface area contributed by atoms with Crippen molar-refractivity contribution in [1.82, 2.24) is 4.98 Å². The molecule has 0 aliphatic carbocycles. The Hall–Kier alpha value is -1.72. The van der Waals surface area contributed by atoms with Gasteiger partial charge in [0.05, 0.1) is 16.3 Å². The van der Waals surface area contributed by atoms with Gasteiger partial charge in [0.15, 0.2) is 0 Å². The summed E-state index contributed by atoms with van der Waals surface area (Å²) in [4.78, 5) is 16.2. The number of anilines is 1. The van der Waals surface area contributed by atoms with Gasteiger partial charge in [-0.3, -0.25) is 4.79 Å². The zero-order valence-electron chi connectivity index (χ0n) is 12.8. The first-order valence-electron chi connectivity index (χ1n) is 6.80. The molecule has 0 bridgehead atoms. The molecule has 5 heteroatoms. The third kappa shape index (κ3) is 4.95. The Bertz CT molecular complexity index is 612. The molecule has 0 aliphatic rings. The van der Waals surface area contributed by atoms with Crippen molar-refractivity contribution >= 4 is 22.9 Å². The molecule has 0 aliphatic heterocycles. The van der Waals surface area contributed by atoms with E-state index in [0.717, 1.165) is 22.0 Å². The predicted molar refractivity (Wildman–Crippen MR) is 86.6 cm³/mol. The molecule has 1 aromatic carbocycles. The molecule has 2 rings (SSSR count). The molecule has 0 fully saturated rings. The van der Waals surface area contributed by atoms with Crippen molar-refractivity contribution < 1.29 is 9.53 Å². The first-order valence-corrected chi connectivity index (χ1v) is 7.68. The van der Waals surface area contributed by atoms with E-state index in [-0.39, 0.29) is 18.1 Å². The van der Waals surface area contributed by atoms with E-state index in [2.05, 4.69) is 10.3 Å². The molecule has 1 aromatic heterocycles. The Balaban J connectivity index is 1.95. The number of thiazole rings is 1. The Morgan fingerprint density at radius 1 is 1.29 bits per heavy atom. The second-order valence-electron chi connectivity index (χ2n) is 5.78. The molecule has 0 unspecified atom stereocenters. The maximum absolute atomic E-state index is 11.8. The summed E-state index contributed by atoms with van der Waals surface area (Å²) < 4.78 is 5.44. The number of carbonyl (C=O) groups excluding carboxylic acids is 1. The summed E-state index contributed by atoms with van der Waals surface area (Å²) in [5.74, 6) is -0.151. The van der Waals surface area contributed by atoms with Gasteiger partial charge in [0.1, 0.15) is 6.61 Å². The zero-order valence-corrected chi connectivity index (χ0v) is 13.6. The zero-order chi connectivity index (χ0) is 15.5. The van der Waals surface area contributed by atoms with Crippen molar-refractivity contribution in [2.75, 3.05) is 11.9 Å². The summed E-state index contributed by atoms with van der Waals surface area (Å²) in [5, 5.41) is 5.89. The number of carbonyl (C=O) groups is 1. The van der Waals surface area contributed by atoms with Gasteiger partial charge in [-0.25, -0.2) is 4.98 Å². The number of nitrogens with zero attached hydrogens (tertiary/aromatic N) is 1. The van der Waals surface area contributed by atoms with Gasteiger partial charge in [-0.2, -0.15) is 0 Å². The molecular weight excluding hydrogens is 284 g/mol. The number of rotatable bonds is 4. The van der Waals surface area contributed by atoms with Crippen LogP contribution in [0.1, 0.15) is 25.8 Å². The third-order valence-corrected chi connectivity index (χ3v) is 3.49. The highest BCUT2D eigenvalue weighted by Gasteiger charge is 2.13. The molecule has 21 heavy (non-hydrogen) atoms. The van der Waals surface area contributed by atoms with E-state index >= 15 is 0 Å². The van der Waals surface area contributed by atoms with E-state index in [1.807, 2.05) is 57.3 Å². The van der Waals surface area contributed by atoms with E-state index in [9.17, 15) is 4.79 Å². The lowest BCUT2D eigenvalue weighted by Gasteiger charge is -2.19. The van der Waals surface area contributed by atoms with Crippen LogP contribution >= 0.6 is 11.3 Å². The van der Waals surface area contributed by atoms with Gasteiger partial charge in [-0.05, 0) is 39.8 Å². The lowest BCUT2D eigenvalue weighted by atomic mass is 10.1. The fraction of sp³-hybridized carbons (Fsp3) is 0.375. The minimum Gasteiger partial charge on any atom is -0.366 e. The number of ether oxygens (including phenoxy) is 1. The summed E-state index contributed by atoms with van der Waals surface area (Å²) >= 11 is 1.63. The molecule has 0 atom stereocenters. The van der Waals surface area contributed by atoms with Crippen LogP contribution in [0.25, 0.3) is 11.3 Å². The van der Waals surface area contributed by atoms with Gasteiger partial charge in [0.2, 0.25) is 5.91 Å². The number of benzene rings is 1. The highest BCUT2D eigenvalue weighted by atomic mass is 32.1. The standard InChI is InChI=1S/C16H20N2O2S/c1-11-17-14(10-21-11)12-5-7-13(8-6-12)18-15(19)9-20-16(2,3)4/h5-8,10H,9H2,1-4H3,(H,18,19). The molecule has 1 amide bonds. The van der Waals surface area contributed by atoms with Gasteiger partial charge in [0.25, 0.3) is 0 Å². The van der Waals surface area contributed by atoms with Crippen molar-refractivity contribution in [2.24, 2.45) is 0 Å². The van der Waals surface area contributed by atoms with E-state index < -0.39 is 0 Å². The van der Waals surface area contributed by atoms with E-state index in [1.54, 1.807) is 11.3 Å². The number of amides is 1. The molecule has 112 valence electrons. The average molecular weight is 304 g/mol. The van der Waals surface area contributed by atoms with Crippen LogP contribution in [0, 0.1) is 6.92 Å². The van der Waals surface area contributed by atoms with Gasteiger partial charge >= 0.3 is 0 Å². The molecule has 1 heterocycles. The van der Waals surface area contributed by atoms with Gasteiger partial charge < -0.3 is 10.1 Å². The van der Waals surface area contributed by atoms with Gasteiger partial charge in [0, 0.05) is 16.6 Å². The second kappa shape index (κ2) is 6.37. The first-order chi connectivity index (χ1) is 9.83. The molecule has 0 spiro atoms. The molecule has 4 nitrogen and oxygen atoms in total.